The summed E-state index contributed by atoms with van der Waals surface area (Å²) in [5.41, 5.74) is 2.54. The van der Waals surface area contributed by atoms with Crippen molar-refractivity contribution in [3.63, 3.8) is 0 Å². The third kappa shape index (κ3) is 3.47. The van der Waals surface area contributed by atoms with Crippen molar-refractivity contribution in [1.82, 2.24) is 25.3 Å². The minimum Gasteiger partial charge on any atom is -0.481 e. The second-order valence-corrected chi connectivity index (χ2v) is 6.22. The van der Waals surface area contributed by atoms with Crippen molar-refractivity contribution in [1.29, 1.82) is 0 Å². The van der Waals surface area contributed by atoms with Crippen LogP contribution in [0.3, 0.4) is 0 Å². The fourth-order valence-corrected chi connectivity index (χ4v) is 3.12. The number of pyridine rings is 1. The van der Waals surface area contributed by atoms with Gasteiger partial charge < -0.3 is 19.2 Å². The summed E-state index contributed by atoms with van der Waals surface area (Å²) in [6, 6.07) is 7.65. The highest BCUT2D eigenvalue weighted by Gasteiger charge is 2.24. The van der Waals surface area contributed by atoms with Crippen LogP contribution in [0.1, 0.15) is 11.5 Å². The van der Waals surface area contributed by atoms with Gasteiger partial charge in [0.15, 0.2) is 0 Å². The van der Waals surface area contributed by atoms with Gasteiger partial charge in [0, 0.05) is 25.2 Å². The number of nitrogens with zero attached hydrogens (tertiary/aromatic N) is 4. The number of methoxy groups -OCH3 is 1. The molecule has 0 radical (unpaired) electrons. The fourth-order valence-electron chi connectivity index (χ4n) is 3.12. The zero-order chi connectivity index (χ0) is 17.8. The number of hydrogen-bond donors (Lipinski definition) is 1. The van der Waals surface area contributed by atoms with Crippen LogP contribution >= 0.6 is 0 Å². The predicted octanol–water partition coefficient (Wildman–Crippen LogP) is 1.88. The maximum Gasteiger partial charge on any atom is 0.222 e. The van der Waals surface area contributed by atoms with E-state index in [0.29, 0.717) is 31.6 Å². The fraction of sp³-hybridized carbons (Fsp3) is 0.389. The van der Waals surface area contributed by atoms with E-state index in [4.69, 9.17) is 13.9 Å². The van der Waals surface area contributed by atoms with E-state index in [1.54, 1.807) is 19.6 Å². The second kappa shape index (κ2) is 7.67. The van der Waals surface area contributed by atoms with E-state index >= 15 is 0 Å². The molecule has 1 aliphatic rings. The van der Waals surface area contributed by atoms with Crippen LogP contribution in [0, 0.1) is 5.92 Å². The summed E-state index contributed by atoms with van der Waals surface area (Å²) in [6.07, 6.45) is 3.38. The summed E-state index contributed by atoms with van der Waals surface area (Å²) in [5, 5.41) is 12.1. The third-order valence-electron chi connectivity index (χ3n) is 4.39. The average Bonchev–Trinajstić information content (AvgIpc) is 3.28. The van der Waals surface area contributed by atoms with Gasteiger partial charge in [-0.05, 0) is 24.3 Å². The maximum atomic E-state index is 5.89. The van der Waals surface area contributed by atoms with Gasteiger partial charge in [0.25, 0.3) is 0 Å². The molecule has 3 aromatic rings. The molecule has 136 valence electrons. The van der Waals surface area contributed by atoms with E-state index in [9.17, 15) is 0 Å². The van der Waals surface area contributed by atoms with Crippen molar-refractivity contribution in [3.05, 3.63) is 48.2 Å². The lowest BCUT2D eigenvalue weighted by atomic mass is 10.1. The van der Waals surface area contributed by atoms with Crippen molar-refractivity contribution in [3.8, 4) is 17.1 Å². The SMILES string of the molecule is COc1ncccc1-c1nnn2c1COCC(CNCc1ccco1)C2. The molecule has 0 spiro atoms. The van der Waals surface area contributed by atoms with Gasteiger partial charge in [-0.3, -0.25) is 0 Å². The molecule has 0 aliphatic carbocycles. The monoisotopic (exact) mass is 355 g/mol. The lowest BCUT2D eigenvalue weighted by Gasteiger charge is -2.14. The second-order valence-electron chi connectivity index (χ2n) is 6.22. The first kappa shape index (κ1) is 16.7. The van der Waals surface area contributed by atoms with E-state index in [2.05, 4.69) is 20.6 Å². The molecule has 0 fully saturated rings. The summed E-state index contributed by atoms with van der Waals surface area (Å²) >= 11 is 0. The Morgan fingerprint density at radius 2 is 2.31 bits per heavy atom. The van der Waals surface area contributed by atoms with E-state index in [-0.39, 0.29) is 0 Å². The van der Waals surface area contributed by atoms with Crippen molar-refractivity contribution in [2.24, 2.45) is 5.92 Å². The molecule has 1 atom stereocenters. The van der Waals surface area contributed by atoms with Crippen LogP contribution < -0.4 is 10.1 Å². The molecule has 0 saturated carbocycles. The van der Waals surface area contributed by atoms with Gasteiger partial charge in [0.05, 0.1) is 44.4 Å². The predicted molar refractivity (Wildman–Crippen MR) is 93.4 cm³/mol. The van der Waals surface area contributed by atoms with Crippen LogP contribution in [0.4, 0.5) is 0 Å². The van der Waals surface area contributed by atoms with Gasteiger partial charge in [-0.2, -0.15) is 0 Å². The number of rotatable bonds is 6. The molecule has 26 heavy (non-hydrogen) atoms. The van der Waals surface area contributed by atoms with E-state index in [1.165, 1.54) is 0 Å². The number of hydrogen-bond acceptors (Lipinski definition) is 7. The van der Waals surface area contributed by atoms with Crippen LogP contribution in [-0.4, -0.2) is 40.2 Å². The first-order valence-electron chi connectivity index (χ1n) is 8.57. The first-order chi connectivity index (χ1) is 12.8. The number of aromatic nitrogens is 4. The molecule has 1 N–H and O–H groups in total. The Labute approximate surface area is 151 Å². The van der Waals surface area contributed by atoms with Crippen LogP contribution in [0.5, 0.6) is 5.88 Å². The average molecular weight is 355 g/mol. The highest BCUT2D eigenvalue weighted by atomic mass is 16.5. The van der Waals surface area contributed by atoms with Crippen molar-refractivity contribution < 1.29 is 13.9 Å². The summed E-state index contributed by atoms with van der Waals surface area (Å²) in [7, 11) is 1.60. The number of ether oxygens (including phenoxy) is 2. The highest BCUT2D eigenvalue weighted by Crippen LogP contribution is 2.30. The zero-order valence-corrected chi connectivity index (χ0v) is 14.6. The van der Waals surface area contributed by atoms with Crippen molar-refractivity contribution >= 4 is 0 Å². The molecule has 0 aromatic carbocycles. The molecular weight excluding hydrogens is 334 g/mol. The van der Waals surface area contributed by atoms with Gasteiger partial charge in [-0.1, -0.05) is 5.21 Å². The Morgan fingerprint density at radius 1 is 1.35 bits per heavy atom. The Bertz CT molecular complexity index is 846. The number of furan rings is 1. The molecule has 8 heteroatoms. The number of fused-ring (bicyclic) bond motifs is 1. The largest absolute Gasteiger partial charge is 0.481 e. The molecule has 1 aliphatic heterocycles. The minimum atomic E-state index is 0.302. The van der Waals surface area contributed by atoms with E-state index in [0.717, 1.165) is 35.8 Å². The van der Waals surface area contributed by atoms with Gasteiger partial charge >= 0.3 is 0 Å². The maximum absolute atomic E-state index is 5.89. The smallest absolute Gasteiger partial charge is 0.222 e. The lowest BCUT2D eigenvalue weighted by Crippen LogP contribution is -2.28. The lowest BCUT2D eigenvalue weighted by molar-refractivity contribution is 0.0940. The molecule has 0 saturated heterocycles. The topological polar surface area (TPSA) is 87.2 Å². The standard InChI is InChI=1S/C18H21N5O3/c1-24-18-15(5-2-6-20-18)17-16-12-25-11-13(10-23(16)22-21-17)8-19-9-14-4-3-7-26-14/h2-7,13,19H,8-12H2,1H3. The molecule has 0 bridgehead atoms. The first-order valence-corrected chi connectivity index (χ1v) is 8.57. The van der Waals surface area contributed by atoms with Gasteiger partial charge in [0.2, 0.25) is 5.88 Å². The van der Waals surface area contributed by atoms with E-state index < -0.39 is 0 Å². The van der Waals surface area contributed by atoms with Crippen LogP contribution in [0.2, 0.25) is 0 Å². The molecule has 8 nitrogen and oxygen atoms in total. The Balaban J connectivity index is 1.47. The molecule has 0 amide bonds. The van der Waals surface area contributed by atoms with Crippen molar-refractivity contribution in [2.45, 2.75) is 19.7 Å². The van der Waals surface area contributed by atoms with Crippen molar-refractivity contribution in [2.75, 3.05) is 20.3 Å². The summed E-state index contributed by atoms with van der Waals surface area (Å²) in [6.45, 7) is 3.39. The number of nitrogens with one attached hydrogen (secondary N) is 1. The molecule has 3 aromatic heterocycles. The molecular formula is C18H21N5O3. The Morgan fingerprint density at radius 3 is 3.15 bits per heavy atom. The van der Waals surface area contributed by atoms with Crippen LogP contribution in [0.25, 0.3) is 11.3 Å². The highest BCUT2D eigenvalue weighted by molar-refractivity contribution is 5.66. The minimum absolute atomic E-state index is 0.302. The Kier molecular flexibility index (Phi) is 4.94. The van der Waals surface area contributed by atoms with Gasteiger partial charge in [-0.25, -0.2) is 9.67 Å². The van der Waals surface area contributed by atoms with Gasteiger partial charge in [0.1, 0.15) is 11.5 Å². The molecule has 1 unspecified atom stereocenters. The van der Waals surface area contributed by atoms with Crippen LogP contribution in [-0.2, 0) is 24.4 Å². The zero-order valence-electron chi connectivity index (χ0n) is 14.6. The third-order valence-corrected chi connectivity index (χ3v) is 4.39. The molecule has 4 rings (SSSR count). The van der Waals surface area contributed by atoms with E-state index in [1.807, 2.05) is 28.9 Å². The van der Waals surface area contributed by atoms with Gasteiger partial charge in [-0.15, -0.1) is 5.10 Å². The summed E-state index contributed by atoms with van der Waals surface area (Å²) in [4.78, 5) is 4.25. The normalized spacial score (nSPS) is 16.9. The Hall–Kier alpha value is -2.71. The summed E-state index contributed by atoms with van der Waals surface area (Å²) < 4.78 is 18.5. The summed E-state index contributed by atoms with van der Waals surface area (Å²) in [5.74, 6) is 1.76. The molecule has 4 heterocycles. The van der Waals surface area contributed by atoms with Crippen LogP contribution in [0.15, 0.2) is 41.1 Å². The quantitative estimate of drug-likeness (QED) is 0.722.